The zero-order valence-corrected chi connectivity index (χ0v) is 14.8. The van der Waals surface area contributed by atoms with Gasteiger partial charge in [0.2, 0.25) is 5.69 Å². The normalized spacial score (nSPS) is 10.6. The third-order valence-corrected chi connectivity index (χ3v) is 4.08. The predicted octanol–water partition coefficient (Wildman–Crippen LogP) is 3.23. The highest BCUT2D eigenvalue weighted by atomic mass is 79.9. The van der Waals surface area contributed by atoms with E-state index in [0.717, 1.165) is 11.8 Å². The number of nitrogens with one attached hydrogen (secondary N) is 2. The Morgan fingerprint density at radius 3 is 2.80 bits per heavy atom. The van der Waals surface area contributed by atoms with Crippen LogP contribution in [0, 0.1) is 10.1 Å². The summed E-state index contributed by atoms with van der Waals surface area (Å²) in [6, 6.07) is 7.28. The van der Waals surface area contributed by atoms with Crippen molar-refractivity contribution in [3.63, 3.8) is 0 Å². The van der Waals surface area contributed by atoms with Gasteiger partial charge in [0.25, 0.3) is 5.91 Å². The first-order valence-corrected chi connectivity index (χ1v) is 8.07. The van der Waals surface area contributed by atoms with E-state index in [9.17, 15) is 14.9 Å². The molecule has 1 aromatic carbocycles. The average Bonchev–Trinajstić information content (AvgIpc) is 3.17. The minimum atomic E-state index is -0.707. The van der Waals surface area contributed by atoms with Crippen molar-refractivity contribution in [1.29, 1.82) is 0 Å². The lowest BCUT2D eigenvalue weighted by Gasteiger charge is -2.02. The number of anilines is 1. The number of hydrogen-bond donors (Lipinski definition) is 2. The molecule has 1 amide bonds. The second-order valence-corrected chi connectivity index (χ2v) is 6.28. The summed E-state index contributed by atoms with van der Waals surface area (Å²) in [7, 11) is 0. The summed E-state index contributed by atoms with van der Waals surface area (Å²) in [5.41, 5.74) is 0.319. The molecule has 3 rings (SSSR count). The van der Waals surface area contributed by atoms with Gasteiger partial charge in [0.1, 0.15) is 6.20 Å². The molecule has 0 aliphatic carbocycles. The van der Waals surface area contributed by atoms with E-state index in [2.05, 4.69) is 36.5 Å². The summed E-state index contributed by atoms with van der Waals surface area (Å²) < 4.78 is 2.15. The molecular formula is C14H10BrClN6O3. The van der Waals surface area contributed by atoms with Crippen LogP contribution in [0.4, 0.5) is 11.5 Å². The highest BCUT2D eigenvalue weighted by Crippen LogP contribution is 2.23. The van der Waals surface area contributed by atoms with Gasteiger partial charge in [0.15, 0.2) is 5.82 Å². The minimum absolute atomic E-state index is 0.239. The molecule has 0 bridgehead atoms. The number of rotatable bonds is 5. The molecule has 9 nitrogen and oxygen atoms in total. The Hall–Kier alpha value is -2.72. The molecule has 25 heavy (non-hydrogen) atoms. The van der Waals surface area contributed by atoms with E-state index in [-0.39, 0.29) is 11.5 Å². The van der Waals surface area contributed by atoms with Crippen molar-refractivity contribution in [3.05, 3.63) is 67.5 Å². The molecule has 11 heteroatoms. The van der Waals surface area contributed by atoms with Crippen LogP contribution in [0.5, 0.6) is 0 Å². The summed E-state index contributed by atoms with van der Waals surface area (Å²) in [5, 5.41) is 24.1. The molecule has 0 saturated heterocycles. The molecule has 0 aliphatic heterocycles. The number of aromatic amines is 1. The van der Waals surface area contributed by atoms with Gasteiger partial charge >= 0.3 is 5.69 Å². The lowest BCUT2D eigenvalue weighted by atomic mass is 10.2. The van der Waals surface area contributed by atoms with Crippen LogP contribution in [0.2, 0.25) is 5.02 Å². The van der Waals surface area contributed by atoms with Crippen molar-refractivity contribution in [2.75, 3.05) is 5.32 Å². The number of amides is 1. The topological polar surface area (TPSA) is 119 Å². The zero-order chi connectivity index (χ0) is 18.0. The van der Waals surface area contributed by atoms with Crippen LogP contribution in [0.1, 0.15) is 16.1 Å². The molecule has 2 aromatic heterocycles. The number of nitro groups is 1. The highest BCUT2D eigenvalue weighted by Gasteiger charge is 2.24. The van der Waals surface area contributed by atoms with Gasteiger partial charge < -0.3 is 5.32 Å². The van der Waals surface area contributed by atoms with E-state index in [4.69, 9.17) is 11.6 Å². The fourth-order valence-corrected chi connectivity index (χ4v) is 2.64. The van der Waals surface area contributed by atoms with Gasteiger partial charge in [-0.05, 0) is 33.6 Å². The van der Waals surface area contributed by atoms with Crippen molar-refractivity contribution in [3.8, 4) is 0 Å². The number of benzene rings is 1. The van der Waals surface area contributed by atoms with E-state index in [0.29, 0.717) is 16.0 Å². The largest absolute Gasteiger partial charge is 0.319 e. The first-order valence-electron chi connectivity index (χ1n) is 6.90. The second-order valence-electron chi connectivity index (χ2n) is 4.99. The van der Waals surface area contributed by atoms with Crippen LogP contribution in [0.15, 0.2) is 41.1 Å². The van der Waals surface area contributed by atoms with Crippen LogP contribution < -0.4 is 5.32 Å². The predicted molar refractivity (Wildman–Crippen MR) is 93.7 cm³/mol. The van der Waals surface area contributed by atoms with E-state index >= 15 is 0 Å². The molecule has 0 radical (unpaired) electrons. The number of halogens is 2. The molecule has 0 atom stereocenters. The van der Waals surface area contributed by atoms with Gasteiger partial charge in [0.05, 0.1) is 15.9 Å². The third-order valence-electron chi connectivity index (χ3n) is 3.25. The SMILES string of the molecule is O=C(Nc1nn(Cc2ccc(Cl)cc2)cc1Br)c1[nH]ncc1[N+](=O)[O-]. The van der Waals surface area contributed by atoms with Gasteiger partial charge in [-0.2, -0.15) is 10.2 Å². The van der Waals surface area contributed by atoms with E-state index < -0.39 is 16.5 Å². The van der Waals surface area contributed by atoms with Crippen molar-refractivity contribution in [2.24, 2.45) is 0 Å². The number of hydrogen-bond acceptors (Lipinski definition) is 5. The lowest BCUT2D eigenvalue weighted by Crippen LogP contribution is -2.15. The van der Waals surface area contributed by atoms with Crippen molar-refractivity contribution < 1.29 is 9.72 Å². The summed E-state index contributed by atoms with van der Waals surface area (Å²) in [6.45, 7) is 0.468. The molecule has 2 N–H and O–H groups in total. The second kappa shape index (κ2) is 7.03. The van der Waals surface area contributed by atoms with E-state index in [1.54, 1.807) is 23.0 Å². The van der Waals surface area contributed by atoms with E-state index in [1.807, 2.05) is 12.1 Å². The van der Waals surface area contributed by atoms with Crippen LogP contribution in [-0.4, -0.2) is 30.8 Å². The number of nitrogens with zero attached hydrogens (tertiary/aromatic N) is 4. The number of carbonyl (C=O) groups excluding carboxylic acids is 1. The molecule has 0 unspecified atom stereocenters. The molecule has 128 valence electrons. The Bertz CT molecular complexity index is 936. The summed E-state index contributed by atoms with van der Waals surface area (Å²) in [6.07, 6.45) is 2.66. The smallest absolute Gasteiger partial charge is 0.303 e. The van der Waals surface area contributed by atoms with Gasteiger partial charge in [-0.25, -0.2) is 0 Å². The molecule has 0 aliphatic rings. The maximum absolute atomic E-state index is 12.2. The molecule has 0 saturated carbocycles. The molecule has 0 spiro atoms. The van der Waals surface area contributed by atoms with Gasteiger partial charge in [-0.1, -0.05) is 23.7 Å². The number of H-pyrrole nitrogens is 1. The minimum Gasteiger partial charge on any atom is -0.303 e. The fraction of sp³-hybridized carbons (Fsp3) is 0.0714. The molecular weight excluding hydrogens is 416 g/mol. The first-order chi connectivity index (χ1) is 11.9. The lowest BCUT2D eigenvalue weighted by molar-refractivity contribution is -0.385. The Balaban J connectivity index is 1.76. The summed E-state index contributed by atoms with van der Waals surface area (Å²) in [4.78, 5) is 22.4. The van der Waals surface area contributed by atoms with Gasteiger partial charge in [-0.3, -0.25) is 24.7 Å². The monoisotopic (exact) mass is 424 g/mol. The van der Waals surface area contributed by atoms with Crippen molar-refractivity contribution in [1.82, 2.24) is 20.0 Å². The maximum Gasteiger partial charge on any atom is 0.319 e. The Kier molecular flexibility index (Phi) is 4.81. The quantitative estimate of drug-likeness (QED) is 0.480. The standard InChI is InChI=1S/C14H10BrClN6O3/c15-10-7-21(6-8-1-3-9(16)4-2-8)20-13(10)18-14(23)12-11(22(24)25)5-17-19-12/h1-5,7H,6H2,(H,17,19)(H,18,20,23). The highest BCUT2D eigenvalue weighted by molar-refractivity contribution is 9.10. The zero-order valence-electron chi connectivity index (χ0n) is 12.4. The van der Waals surface area contributed by atoms with E-state index in [1.165, 1.54) is 0 Å². The molecule has 3 aromatic rings. The average molecular weight is 426 g/mol. The molecule has 2 heterocycles. The van der Waals surface area contributed by atoms with Crippen LogP contribution in [0.25, 0.3) is 0 Å². The Morgan fingerprint density at radius 2 is 2.12 bits per heavy atom. The van der Waals surface area contributed by atoms with Gasteiger partial charge in [0, 0.05) is 11.2 Å². The summed E-state index contributed by atoms with van der Waals surface area (Å²) >= 11 is 9.15. The van der Waals surface area contributed by atoms with Crippen molar-refractivity contribution in [2.45, 2.75) is 6.54 Å². The van der Waals surface area contributed by atoms with Gasteiger partial charge in [-0.15, -0.1) is 0 Å². The van der Waals surface area contributed by atoms with Crippen molar-refractivity contribution >= 4 is 44.9 Å². The first kappa shape index (κ1) is 17.1. The van der Waals surface area contributed by atoms with Crippen LogP contribution in [-0.2, 0) is 6.54 Å². The number of carbonyl (C=O) groups is 1. The molecule has 0 fully saturated rings. The fourth-order valence-electron chi connectivity index (χ4n) is 2.09. The Labute approximate surface area is 154 Å². The van der Waals surface area contributed by atoms with Crippen LogP contribution in [0.3, 0.4) is 0 Å². The Morgan fingerprint density at radius 1 is 1.40 bits per heavy atom. The third kappa shape index (κ3) is 3.86. The van der Waals surface area contributed by atoms with Crippen LogP contribution >= 0.6 is 27.5 Å². The maximum atomic E-state index is 12.2. The summed E-state index contributed by atoms with van der Waals surface area (Å²) in [5.74, 6) is -0.468. The number of aromatic nitrogens is 4.